The van der Waals surface area contributed by atoms with Gasteiger partial charge < -0.3 is 15.4 Å². The van der Waals surface area contributed by atoms with Crippen molar-refractivity contribution >= 4 is 11.0 Å². The molecule has 1 atom stereocenters. The largest absolute Gasteiger partial charge is 0.395 e. The van der Waals surface area contributed by atoms with Crippen molar-refractivity contribution < 1.29 is 5.11 Å². The number of aliphatic hydroxyl groups is 1. The minimum atomic E-state index is 0.167. The van der Waals surface area contributed by atoms with Crippen LogP contribution in [0.1, 0.15) is 25.7 Å². The average Bonchev–Trinajstić information content (AvgIpc) is 2.83. The summed E-state index contributed by atoms with van der Waals surface area (Å²) in [7, 11) is 0. The summed E-state index contributed by atoms with van der Waals surface area (Å²) in [5.41, 5.74) is 7.97. The third kappa shape index (κ3) is 3.00. The maximum absolute atomic E-state index is 9.12. The second-order valence-corrected chi connectivity index (χ2v) is 5.06. The molecule has 0 amide bonds. The molecule has 5 nitrogen and oxygen atoms in total. The van der Waals surface area contributed by atoms with Crippen LogP contribution in [-0.4, -0.2) is 45.8 Å². The highest BCUT2D eigenvalue weighted by Crippen LogP contribution is 2.21. The van der Waals surface area contributed by atoms with Gasteiger partial charge in [-0.05, 0) is 25.6 Å². The molecule has 0 fully saturated rings. The van der Waals surface area contributed by atoms with Gasteiger partial charge in [0, 0.05) is 19.1 Å². The van der Waals surface area contributed by atoms with Gasteiger partial charge in [0.1, 0.15) is 5.82 Å². The summed E-state index contributed by atoms with van der Waals surface area (Å²) >= 11 is 0. The Morgan fingerprint density at radius 3 is 2.80 bits per heavy atom. The maximum atomic E-state index is 9.12. The Morgan fingerprint density at radius 2 is 2.15 bits per heavy atom. The van der Waals surface area contributed by atoms with Crippen LogP contribution in [0.4, 0.5) is 0 Å². The van der Waals surface area contributed by atoms with Crippen LogP contribution in [0.15, 0.2) is 24.3 Å². The van der Waals surface area contributed by atoms with Crippen molar-refractivity contribution in [2.75, 3.05) is 26.2 Å². The van der Waals surface area contributed by atoms with E-state index in [-0.39, 0.29) is 12.6 Å². The van der Waals surface area contributed by atoms with Gasteiger partial charge in [0.05, 0.1) is 24.2 Å². The Labute approximate surface area is 120 Å². The molecule has 2 rings (SSSR count). The molecule has 110 valence electrons. The van der Waals surface area contributed by atoms with E-state index in [2.05, 4.69) is 29.4 Å². The number of para-hydroxylation sites is 2. The Hall–Kier alpha value is -1.43. The lowest BCUT2D eigenvalue weighted by molar-refractivity contribution is 0.192. The number of hydrogen-bond donors (Lipinski definition) is 2. The van der Waals surface area contributed by atoms with Crippen LogP contribution in [-0.2, 0) is 6.54 Å². The number of benzene rings is 1. The number of aliphatic hydroxyl groups excluding tert-OH is 1. The Balaban J connectivity index is 2.40. The van der Waals surface area contributed by atoms with Crippen LogP contribution in [0.3, 0.4) is 0 Å². The first kappa shape index (κ1) is 15.0. The minimum absolute atomic E-state index is 0.167. The van der Waals surface area contributed by atoms with E-state index < -0.39 is 0 Å². The highest BCUT2D eigenvalue weighted by Gasteiger charge is 2.16. The first-order valence-corrected chi connectivity index (χ1v) is 7.20. The van der Waals surface area contributed by atoms with E-state index in [9.17, 15) is 0 Å². The number of likely N-dealkylation sites (N-methyl/N-ethyl adjacent to an activating group) is 1. The first-order chi connectivity index (χ1) is 9.71. The van der Waals surface area contributed by atoms with Gasteiger partial charge in [-0.25, -0.2) is 4.98 Å². The van der Waals surface area contributed by atoms with E-state index in [0.29, 0.717) is 13.1 Å². The number of aromatic nitrogens is 2. The van der Waals surface area contributed by atoms with Gasteiger partial charge in [-0.1, -0.05) is 19.1 Å². The average molecular weight is 276 g/mol. The molecule has 0 saturated heterocycles. The van der Waals surface area contributed by atoms with Crippen molar-refractivity contribution in [3.63, 3.8) is 0 Å². The smallest absolute Gasteiger partial charge is 0.124 e. The SMILES string of the molecule is CCN(CCO)Cc1nc2ccccc2n1C(C)CN. The van der Waals surface area contributed by atoms with Gasteiger partial charge in [-0.2, -0.15) is 0 Å². The zero-order valence-electron chi connectivity index (χ0n) is 12.3. The van der Waals surface area contributed by atoms with E-state index in [1.807, 2.05) is 18.2 Å². The zero-order chi connectivity index (χ0) is 14.5. The molecule has 0 aliphatic heterocycles. The highest BCUT2D eigenvalue weighted by molar-refractivity contribution is 5.76. The quantitative estimate of drug-likeness (QED) is 0.801. The molecule has 3 N–H and O–H groups in total. The van der Waals surface area contributed by atoms with Crippen LogP contribution in [0, 0.1) is 0 Å². The number of imidazole rings is 1. The molecule has 0 aliphatic carbocycles. The van der Waals surface area contributed by atoms with E-state index in [1.54, 1.807) is 0 Å². The van der Waals surface area contributed by atoms with Crippen LogP contribution in [0.5, 0.6) is 0 Å². The fraction of sp³-hybridized carbons (Fsp3) is 0.533. The molecule has 1 heterocycles. The van der Waals surface area contributed by atoms with Gasteiger partial charge in [0.25, 0.3) is 0 Å². The summed E-state index contributed by atoms with van der Waals surface area (Å²) in [4.78, 5) is 6.92. The Bertz CT molecular complexity index is 552. The zero-order valence-corrected chi connectivity index (χ0v) is 12.3. The predicted molar refractivity (Wildman–Crippen MR) is 81.5 cm³/mol. The molecule has 0 aliphatic rings. The van der Waals surface area contributed by atoms with E-state index in [0.717, 1.165) is 29.9 Å². The number of rotatable bonds is 7. The molecule has 1 aromatic carbocycles. The third-order valence-corrected chi connectivity index (χ3v) is 3.68. The molecule has 0 radical (unpaired) electrons. The number of hydrogen-bond acceptors (Lipinski definition) is 4. The molecular formula is C15H24N4O. The molecule has 0 bridgehead atoms. The summed E-state index contributed by atoms with van der Waals surface area (Å²) in [5.74, 6) is 1.01. The summed E-state index contributed by atoms with van der Waals surface area (Å²) in [6.07, 6.45) is 0. The number of nitrogens with two attached hydrogens (primary N) is 1. The Morgan fingerprint density at radius 1 is 1.40 bits per heavy atom. The normalized spacial score (nSPS) is 13.2. The number of nitrogens with zero attached hydrogens (tertiary/aromatic N) is 3. The van der Waals surface area contributed by atoms with Gasteiger partial charge >= 0.3 is 0 Å². The van der Waals surface area contributed by atoms with Crippen molar-refractivity contribution in [1.29, 1.82) is 0 Å². The van der Waals surface area contributed by atoms with Crippen molar-refractivity contribution in [1.82, 2.24) is 14.5 Å². The second kappa shape index (κ2) is 6.83. The summed E-state index contributed by atoms with van der Waals surface area (Å²) in [6.45, 7) is 7.24. The molecule has 20 heavy (non-hydrogen) atoms. The summed E-state index contributed by atoms with van der Waals surface area (Å²) < 4.78 is 2.22. The van der Waals surface area contributed by atoms with E-state index in [1.165, 1.54) is 0 Å². The van der Waals surface area contributed by atoms with Crippen molar-refractivity contribution in [2.24, 2.45) is 5.73 Å². The van der Waals surface area contributed by atoms with Gasteiger partial charge in [0.15, 0.2) is 0 Å². The monoisotopic (exact) mass is 276 g/mol. The first-order valence-electron chi connectivity index (χ1n) is 7.20. The van der Waals surface area contributed by atoms with Crippen molar-refractivity contribution in [3.05, 3.63) is 30.1 Å². The third-order valence-electron chi connectivity index (χ3n) is 3.68. The Kier molecular flexibility index (Phi) is 5.11. The van der Waals surface area contributed by atoms with Gasteiger partial charge in [-0.3, -0.25) is 4.90 Å². The summed E-state index contributed by atoms with van der Waals surface area (Å²) in [6, 6.07) is 8.35. The predicted octanol–water partition coefficient (Wildman–Crippen LogP) is 1.37. The standard InChI is InChI=1S/C15H24N4O/c1-3-18(8-9-20)11-15-17-13-6-4-5-7-14(13)19(15)12(2)10-16/h4-7,12,20H,3,8-11,16H2,1-2H3. The van der Waals surface area contributed by atoms with Gasteiger partial charge in [0.2, 0.25) is 0 Å². The van der Waals surface area contributed by atoms with Crippen LogP contribution in [0.2, 0.25) is 0 Å². The van der Waals surface area contributed by atoms with Crippen molar-refractivity contribution in [2.45, 2.75) is 26.4 Å². The number of fused-ring (bicyclic) bond motifs is 1. The molecule has 1 aromatic heterocycles. The second-order valence-electron chi connectivity index (χ2n) is 5.06. The molecule has 5 heteroatoms. The van der Waals surface area contributed by atoms with E-state index >= 15 is 0 Å². The fourth-order valence-corrected chi connectivity index (χ4v) is 2.49. The topological polar surface area (TPSA) is 67.3 Å². The lowest BCUT2D eigenvalue weighted by Gasteiger charge is -2.21. The molecule has 0 spiro atoms. The van der Waals surface area contributed by atoms with E-state index in [4.69, 9.17) is 15.8 Å². The van der Waals surface area contributed by atoms with Crippen molar-refractivity contribution in [3.8, 4) is 0 Å². The van der Waals surface area contributed by atoms with Gasteiger partial charge in [-0.15, -0.1) is 0 Å². The van der Waals surface area contributed by atoms with Crippen LogP contribution < -0.4 is 5.73 Å². The molecule has 2 aromatic rings. The molecule has 0 saturated carbocycles. The fourth-order valence-electron chi connectivity index (χ4n) is 2.49. The minimum Gasteiger partial charge on any atom is -0.395 e. The lowest BCUT2D eigenvalue weighted by Crippen LogP contribution is -2.29. The maximum Gasteiger partial charge on any atom is 0.124 e. The molecule has 1 unspecified atom stereocenters. The lowest BCUT2D eigenvalue weighted by atomic mass is 10.2. The molecular weight excluding hydrogens is 252 g/mol. The summed E-state index contributed by atoms with van der Waals surface area (Å²) in [5, 5.41) is 9.12. The van der Waals surface area contributed by atoms with Crippen LogP contribution >= 0.6 is 0 Å². The highest BCUT2D eigenvalue weighted by atomic mass is 16.3. The van der Waals surface area contributed by atoms with Crippen LogP contribution in [0.25, 0.3) is 11.0 Å².